The number of allylic oxidation sites excluding steroid dienone is 1. The van der Waals surface area contributed by atoms with Crippen molar-refractivity contribution in [2.45, 2.75) is 33.1 Å². The third-order valence-electron chi connectivity index (χ3n) is 2.51. The van der Waals surface area contributed by atoms with Crippen molar-refractivity contribution in [1.82, 2.24) is 0 Å². The van der Waals surface area contributed by atoms with Gasteiger partial charge in [-0.2, -0.15) is 0 Å². The first-order valence-corrected chi connectivity index (χ1v) is 5.33. The van der Waals surface area contributed by atoms with Crippen molar-refractivity contribution in [2.24, 2.45) is 0 Å². The van der Waals surface area contributed by atoms with Crippen LogP contribution in [0.15, 0.2) is 36.9 Å². The lowest BCUT2D eigenvalue weighted by atomic mass is 9.97. The van der Waals surface area contributed by atoms with E-state index in [9.17, 15) is 0 Å². The van der Waals surface area contributed by atoms with Crippen molar-refractivity contribution in [2.75, 3.05) is 0 Å². The topological polar surface area (TPSA) is 0 Å². The predicted octanol–water partition coefficient (Wildman–Crippen LogP) is 4.16. The van der Waals surface area contributed by atoms with Gasteiger partial charge in [-0.05, 0) is 24.0 Å². The van der Waals surface area contributed by atoms with E-state index >= 15 is 0 Å². The Morgan fingerprint density at radius 3 is 2.86 bits per heavy atom. The molecule has 0 aliphatic rings. The maximum Gasteiger partial charge on any atom is 0.0230 e. The second kappa shape index (κ2) is 5.64. The average molecular weight is 187 g/mol. The molecule has 0 saturated heterocycles. The zero-order valence-electron chi connectivity index (χ0n) is 9.22. The van der Waals surface area contributed by atoms with Crippen LogP contribution in [0.4, 0.5) is 0 Å². The first-order chi connectivity index (χ1) is 6.77. The van der Waals surface area contributed by atoms with Gasteiger partial charge in [0.2, 0.25) is 0 Å². The average Bonchev–Trinajstić information content (AvgIpc) is 2.25. The third-order valence-corrected chi connectivity index (χ3v) is 2.51. The minimum atomic E-state index is 1.19. The van der Waals surface area contributed by atoms with Crippen LogP contribution in [0.2, 0.25) is 0 Å². The lowest BCUT2D eigenvalue weighted by molar-refractivity contribution is 0.794. The minimum absolute atomic E-state index is 1.19. The molecule has 0 atom stereocenters. The van der Waals surface area contributed by atoms with Crippen molar-refractivity contribution >= 4 is 0 Å². The van der Waals surface area contributed by atoms with E-state index < -0.39 is 0 Å². The van der Waals surface area contributed by atoms with Crippen molar-refractivity contribution in [3.63, 3.8) is 0 Å². The number of aryl methyl sites for hydroxylation is 1. The molecule has 0 heteroatoms. The molecule has 75 valence electrons. The largest absolute Gasteiger partial charge is 0.102 e. The molecule has 0 saturated carbocycles. The fraction of sp³-hybridized carbons (Fsp3) is 0.357. The standard InChI is InChI=1S/C14H19/c1-4-6-8-13-9-7-10-14(11-13)12(3)5-2/h5,7,9-11H,2,4,6,8H2,1,3H3. The van der Waals surface area contributed by atoms with E-state index in [1.165, 1.54) is 36.3 Å². The maximum absolute atomic E-state index is 3.79. The lowest BCUT2D eigenvalue weighted by Gasteiger charge is -2.07. The van der Waals surface area contributed by atoms with Crippen LogP contribution in [-0.4, -0.2) is 0 Å². The van der Waals surface area contributed by atoms with E-state index in [2.05, 4.69) is 44.7 Å². The molecule has 0 aliphatic carbocycles. The van der Waals surface area contributed by atoms with Crippen LogP contribution in [0.25, 0.3) is 0 Å². The normalized spacial score (nSPS) is 10.5. The Hall–Kier alpha value is -1.04. The SMILES string of the molecule is C=C[C](C)c1cccc(CCCC)c1. The zero-order valence-corrected chi connectivity index (χ0v) is 9.22. The molecule has 0 amide bonds. The molecule has 0 spiro atoms. The van der Waals surface area contributed by atoms with Gasteiger partial charge < -0.3 is 0 Å². The Labute approximate surface area is 87.7 Å². The van der Waals surface area contributed by atoms with Gasteiger partial charge in [0.15, 0.2) is 0 Å². The molecule has 1 aromatic rings. The summed E-state index contributed by atoms with van der Waals surface area (Å²) in [5, 5.41) is 0. The van der Waals surface area contributed by atoms with Gasteiger partial charge in [-0.1, -0.05) is 50.6 Å². The fourth-order valence-corrected chi connectivity index (χ4v) is 1.47. The molecule has 1 aromatic carbocycles. The quantitative estimate of drug-likeness (QED) is 0.649. The van der Waals surface area contributed by atoms with Gasteiger partial charge in [0.25, 0.3) is 0 Å². The highest BCUT2D eigenvalue weighted by Gasteiger charge is 2.01. The zero-order chi connectivity index (χ0) is 10.4. The minimum Gasteiger partial charge on any atom is -0.102 e. The molecule has 0 heterocycles. The Morgan fingerprint density at radius 2 is 2.21 bits per heavy atom. The van der Waals surface area contributed by atoms with Gasteiger partial charge in [0.1, 0.15) is 0 Å². The summed E-state index contributed by atoms with van der Waals surface area (Å²) in [7, 11) is 0. The van der Waals surface area contributed by atoms with Crippen molar-refractivity contribution in [3.8, 4) is 0 Å². The van der Waals surface area contributed by atoms with Crippen LogP contribution in [0.3, 0.4) is 0 Å². The molecule has 0 nitrogen and oxygen atoms in total. The molecule has 0 aromatic heterocycles. The molecule has 0 unspecified atom stereocenters. The molecule has 1 radical (unpaired) electrons. The van der Waals surface area contributed by atoms with Gasteiger partial charge in [-0.25, -0.2) is 0 Å². The van der Waals surface area contributed by atoms with Crippen LogP contribution in [0, 0.1) is 5.92 Å². The molecule has 0 bridgehead atoms. The van der Waals surface area contributed by atoms with Gasteiger partial charge in [-0.15, -0.1) is 6.58 Å². The first-order valence-electron chi connectivity index (χ1n) is 5.33. The van der Waals surface area contributed by atoms with Crippen molar-refractivity contribution in [1.29, 1.82) is 0 Å². The lowest BCUT2D eigenvalue weighted by Crippen LogP contribution is -1.92. The second-order valence-corrected chi connectivity index (χ2v) is 3.69. The summed E-state index contributed by atoms with van der Waals surface area (Å²) in [4.78, 5) is 0. The number of hydrogen-bond donors (Lipinski definition) is 0. The van der Waals surface area contributed by atoms with Gasteiger partial charge >= 0.3 is 0 Å². The number of rotatable bonds is 5. The van der Waals surface area contributed by atoms with Crippen LogP contribution in [0.5, 0.6) is 0 Å². The van der Waals surface area contributed by atoms with Gasteiger partial charge in [0.05, 0.1) is 0 Å². The number of hydrogen-bond acceptors (Lipinski definition) is 0. The van der Waals surface area contributed by atoms with Crippen LogP contribution < -0.4 is 0 Å². The highest BCUT2D eigenvalue weighted by atomic mass is 14.1. The highest BCUT2D eigenvalue weighted by molar-refractivity contribution is 5.37. The maximum atomic E-state index is 3.79. The molecule has 0 N–H and O–H groups in total. The number of benzene rings is 1. The molecule has 1 rings (SSSR count). The molecular formula is C14H19. The third kappa shape index (κ3) is 3.02. The number of unbranched alkanes of at least 4 members (excludes halogenated alkanes) is 1. The van der Waals surface area contributed by atoms with Gasteiger partial charge in [0, 0.05) is 5.92 Å². The van der Waals surface area contributed by atoms with Crippen LogP contribution >= 0.6 is 0 Å². The van der Waals surface area contributed by atoms with Gasteiger partial charge in [-0.3, -0.25) is 0 Å². The monoisotopic (exact) mass is 187 g/mol. The van der Waals surface area contributed by atoms with Crippen LogP contribution in [0.1, 0.15) is 37.8 Å². The van der Waals surface area contributed by atoms with E-state index in [0.29, 0.717) is 0 Å². The Bertz CT molecular complexity index is 286. The van der Waals surface area contributed by atoms with Crippen molar-refractivity contribution < 1.29 is 0 Å². The summed E-state index contributed by atoms with van der Waals surface area (Å²) >= 11 is 0. The summed E-state index contributed by atoms with van der Waals surface area (Å²) in [5.41, 5.74) is 2.74. The summed E-state index contributed by atoms with van der Waals surface area (Å²) in [6, 6.07) is 8.75. The summed E-state index contributed by atoms with van der Waals surface area (Å²) in [6.45, 7) is 8.12. The first kappa shape index (κ1) is 11.0. The van der Waals surface area contributed by atoms with E-state index in [-0.39, 0.29) is 0 Å². The Balaban J connectivity index is 2.73. The highest BCUT2D eigenvalue weighted by Crippen LogP contribution is 2.17. The van der Waals surface area contributed by atoms with Crippen molar-refractivity contribution in [3.05, 3.63) is 54.0 Å². The molecule has 0 aliphatic heterocycles. The smallest absolute Gasteiger partial charge is 0.0230 e. The van der Waals surface area contributed by atoms with E-state index in [0.717, 1.165) is 0 Å². The Kier molecular flexibility index (Phi) is 4.45. The van der Waals surface area contributed by atoms with Crippen LogP contribution in [-0.2, 0) is 6.42 Å². The Morgan fingerprint density at radius 1 is 1.43 bits per heavy atom. The summed E-state index contributed by atoms with van der Waals surface area (Å²) in [5.74, 6) is 1.25. The molecule has 0 fully saturated rings. The van der Waals surface area contributed by atoms with E-state index in [1.54, 1.807) is 0 Å². The molecular weight excluding hydrogens is 168 g/mol. The van der Waals surface area contributed by atoms with E-state index in [4.69, 9.17) is 0 Å². The second-order valence-electron chi connectivity index (χ2n) is 3.69. The van der Waals surface area contributed by atoms with E-state index in [1.807, 2.05) is 6.08 Å². The predicted molar refractivity (Wildman–Crippen MR) is 63.3 cm³/mol. The summed E-state index contributed by atoms with van der Waals surface area (Å²) < 4.78 is 0. The summed E-state index contributed by atoms with van der Waals surface area (Å²) in [6.07, 6.45) is 5.64. The fourth-order valence-electron chi connectivity index (χ4n) is 1.47. The molecule has 14 heavy (non-hydrogen) atoms.